The second kappa shape index (κ2) is 8.45. The smallest absolute Gasteiger partial charge is 0.310 e. The fourth-order valence-corrected chi connectivity index (χ4v) is 2.28. The largest absolute Gasteiger partial charge is 0.469 e. The summed E-state index contributed by atoms with van der Waals surface area (Å²) in [6.07, 6.45) is 1.37. The summed E-state index contributed by atoms with van der Waals surface area (Å²) in [6.45, 7) is 0. The lowest BCUT2D eigenvalue weighted by Gasteiger charge is -2.11. The van der Waals surface area contributed by atoms with E-state index in [9.17, 15) is 4.79 Å². The van der Waals surface area contributed by atoms with Crippen LogP contribution in [0.25, 0.3) is 0 Å². The lowest BCUT2D eigenvalue weighted by molar-refractivity contribution is -0.139. The third-order valence-electron chi connectivity index (χ3n) is 3.59. The monoisotopic (exact) mass is 361 g/mol. The molecule has 0 radical (unpaired) electrons. The van der Waals surface area contributed by atoms with Gasteiger partial charge < -0.3 is 14.2 Å². The first-order chi connectivity index (χ1) is 13.2. The second-order valence-electron chi connectivity index (χ2n) is 5.37. The van der Waals surface area contributed by atoms with E-state index in [1.54, 1.807) is 48.5 Å². The van der Waals surface area contributed by atoms with Crippen molar-refractivity contribution >= 4 is 5.97 Å². The summed E-state index contributed by atoms with van der Waals surface area (Å²) >= 11 is 0. The SMILES string of the molecule is COC(=O)Cc1ccccc1Oc1cc(Oc2ccccc2C#N)ncn1. The molecule has 1 heterocycles. The van der Waals surface area contributed by atoms with Gasteiger partial charge in [0.1, 0.15) is 23.9 Å². The van der Waals surface area contributed by atoms with E-state index in [1.807, 2.05) is 0 Å². The summed E-state index contributed by atoms with van der Waals surface area (Å²) in [5.74, 6) is 0.964. The van der Waals surface area contributed by atoms with Crippen LogP contribution in [0.2, 0.25) is 0 Å². The molecule has 27 heavy (non-hydrogen) atoms. The molecule has 0 aliphatic rings. The summed E-state index contributed by atoms with van der Waals surface area (Å²) in [4.78, 5) is 19.7. The molecule has 0 atom stereocenters. The number of nitriles is 1. The van der Waals surface area contributed by atoms with Crippen molar-refractivity contribution in [2.24, 2.45) is 0 Å². The number of para-hydroxylation sites is 2. The molecule has 1 aromatic heterocycles. The zero-order chi connectivity index (χ0) is 19.1. The number of esters is 1. The average molecular weight is 361 g/mol. The molecule has 3 aromatic rings. The number of nitrogens with zero attached hydrogens (tertiary/aromatic N) is 3. The predicted molar refractivity (Wildman–Crippen MR) is 95.5 cm³/mol. The van der Waals surface area contributed by atoms with Gasteiger partial charge in [-0.1, -0.05) is 30.3 Å². The first kappa shape index (κ1) is 17.9. The third kappa shape index (κ3) is 4.58. The summed E-state index contributed by atoms with van der Waals surface area (Å²) in [5, 5.41) is 9.14. The highest BCUT2D eigenvalue weighted by Crippen LogP contribution is 2.28. The van der Waals surface area contributed by atoms with Crippen molar-refractivity contribution in [1.82, 2.24) is 9.97 Å². The minimum absolute atomic E-state index is 0.0800. The van der Waals surface area contributed by atoms with E-state index in [-0.39, 0.29) is 24.2 Å². The van der Waals surface area contributed by atoms with Crippen LogP contribution in [-0.4, -0.2) is 23.0 Å². The van der Waals surface area contributed by atoms with E-state index in [0.717, 1.165) is 0 Å². The van der Waals surface area contributed by atoms with E-state index < -0.39 is 0 Å². The Kier molecular flexibility index (Phi) is 5.60. The van der Waals surface area contributed by atoms with Crippen molar-refractivity contribution in [3.63, 3.8) is 0 Å². The molecule has 0 amide bonds. The summed E-state index contributed by atoms with van der Waals surface area (Å²) in [7, 11) is 1.33. The number of ether oxygens (including phenoxy) is 3. The Labute approximate surface area is 155 Å². The number of carbonyl (C=O) groups is 1. The van der Waals surface area contributed by atoms with Gasteiger partial charge in [0.2, 0.25) is 11.8 Å². The van der Waals surface area contributed by atoms with E-state index >= 15 is 0 Å². The molecule has 0 bridgehead atoms. The van der Waals surface area contributed by atoms with Crippen LogP contribution in [0.15, 0.2) is 60.9 Å². The molecule has 7 nitrogen and oxygen atoms in total. The number of methoxy groups -OCH3 is 1. The van der Waals surface area contributed by atoms with Gasteiger partial charge in [-0.15, -0.1) is 0 Å². The average Bonchev–Trinajstić information content (AvgIpc) is 2.70. The van der Waals surface area contributed by atoms with Crippen molar-refractivity contribution in [2.75, 3.05) is 7.11 Å². The van der Waals surface area contributed by atoms with Gasteiger partial charge >= 0.3 is 5.97 Å². The minimum Gasteiger partial charge on any atom is -0.469 e. The Bertz CT molecular complexity index is 998. The molecule has 2 aromatic carbocycles. The molecular formula is C20H15N3O4. The number of hydrogen-bond donors (Lipinski definition) is 0. The normalized spacial score (nSPS) is 9.93. The Hall–Kier alpha value is -3.92. The maximum absolute atomic E-state index is 11.6. The standard InChI is InChI=1S/C20H15N3O4/c1-25-20(24)10-14-6-2-4-8-16(14)26-18-11-19(23-13-22-18)27-17-9-5-3-7-15(17)12-21/h2-9,11,13H,10H2,1H3. The van der Waals surface area contributed by atoms with Gasteiger partial charge in [0.15, 0.2) is 0 Å². The molecule has 0 aliphatic heterocycles. The molecule has 3 rings (SSSR count). The van der Waals surface area contributed by atoms with Crippen molar-refractivity contribution in [3.8, 4) is 29.3 Å². The van der Waals surface area contributed by atoms with Crippen LogP contribution in [0, 0.1) is 11.3 Å². The summed E-state index contributed by atoms with van der Waals surface area (Å²) < 4.78 is 16.1. The Balaban J connectivity index is 1.81. The lowest BCUT2D eigenvalue weighted by Crippen LogP contribution is -2.05. The molecule has 0 unspecified atom stereocenters. The van der Waals surface area contributed by atoms with Crippen LogP contribution in [-0.2, 0) is 16.0 Å². The molecule has 7 heteroatoms. The van der Waals surface area contributed by atoms with Crippen LogP contribution in [0.4, 0.5) is 0 Å². The second-order valence-corrected chi connectivity index (χ2v) is 5.37. The molecule has 0 N–H and O–H groups in total. The van der Waals surface area contributed by atoms with Crippen LogP contribution >= 0.6 is 0 Å². The molecule has 0 saturated carbocycles. The van der Waals surface area contributed by atoms with Gasteiger partial charge in [0, 0.05) is 5.56 Å². The predicted octanol–water partition coefficient (Wildman–Crippen LogP) is 3.65. The first-order valence-corrected chi connectivity index (χ1v) is 8.01. The first-order valence-electron chi connectivity index (χ1n) is 8.01. The molecule has 134 valence electrons. The van der Waals surface area contributed by atoms with Crippen molar-refractivity contribution in [3.05, 3.63) is 72.1 Å². The molecule has 0 fully saturated rings. The third-order valence-corrected chi connectivity index (χ3v) is 3.59. The van der Waals surface area contributed by atoms with Crippen LogP contribution in [0.5, 0.6) is 23.3 Å². The fourth-order valence-electron chi connectivity index (χ4n) is 2.28. The Morgan fingerprint density at radius 3 is 2.33 bits per heavy atom. The van der Waals surface area contributed by atoms with E-state index in [2.05, 4.69) is 16.0 Å². The molecule has 0 spiro atoms. The lowest BCUT2D eigenvalue weighted by atomic mass is 10.1. The maximum atomic E-state index is 11.6. The van der Waals surface area contributed by atoms with E-state index in [4.69, 9.17) is 19.5 Å². The van der Waals surface area contributed by atoms with Gasteiger partial charge in [-0.05, 0) is 18.2 Å². The number of benzene rings is 2. The highest BCUT2D eigenvalue weighted by molar-refractivity contribution is 5.73. The van der Waals surface area contributed by atoms with Gasteiger partial charge in [-0.25, -0.2) is 9.97 Å². The highest BCUT2D eigenvalue weighted by Gasteiger charge is 2.11. The zero-order valence-corrected chi connectivity index (χ0v) is 14.5. The van der Waals surface area contributed by atoms with E-state index in [0.29, 0.717) is 22.6 Å². The fraction of sp³-hybridized carbons (Fsp3) is 0.100. The van der Waals surface area contributed by atoms with Crippen LogP contribution < -0.4 is 9.47 Å². The number of hydrogen-bond acceptors (Lipinski definition) is 7. The van der Waals surface area contributed by atoms with Gasteiger partial charge in [-0.3, -0.25) is 4.79 Å². The van der Waals surface area contributed by atoms with Gasteiger partial charge in [0.25, 0.3) is 0 Å². The minimum atomic E-state index is -0.370. The highest BCUT2D eigenvalue weighted by atomic mass is 16.5. The molecule has 0 aliphatic carbocycles. The Morgan fingerprint density at radius 1 is 1.00 bits per heavy atom. The van der Waals surface area contributed by atoms with Crippen molar-refractivity contribution in [1.29, 1.82) is 5.26 Å². The summed E-state index contributed by atoms with van der Waals surface area (Å²) in [6, 6.07) is 17.5. The zero-order valence-electron chi connectivity index (χ0n) is 14.5. The van der Waals surface area contributed by atoms with Crippen LogP contribution in [0.3, 0.4) is 0 Å². The number of rotatable bonds is 6. The number of carbonyl (C=O) groups excluding carboxylic acids is 1. The van der Waals surface area contributed by atoms with Gasteiger partial charge in [0.05, 0.1) is 25.2 Å². The maximum Gasteiger partial charge on any atom is 0.310 e. The van der Waals surface area contributed by atoms with Crippen LogP contribution in [0.1, 0.15) is 11.1 Å². The van der Waals surface area contributed by atoms with E-state index in [1.165, 1.54) is 19.5 Å². The summed E-state index contributed by atoms with van der Waals surface area (Å²) in [5.41, 5.74) is 1.06. The molecular weight excluding hydrogens is 346 g/mol. The van der Waals surface area contributed by atoms with Gasteiger partial charge in [-0.2, -0.15) is 5.26 Å². The van der Waals surface area contributed by atoms with Crippen molar-refractivity contribution in [2.45, 2.75) is 6.42 Å². The quantitative estimate of drug-likeness (QED) is 0.619. The molecule has 0 saturated heterocycles. The van der Waals surface area contributed by atoms with Crippen molar-refractivity contribution < 1.29 is 19.0 Å². The number of aromatic nitrogens is 2. The topological polar surface area (TPSA) is 94.3 Å². The Morgan fingerprint density at radius 2 is 1.63 bits per heavy atom.